The fraction of sp³-hybridized carbons (Fsp3) is 0.150. The summed E-state index contributed by atoms with van der Waals surface area (Å²) in [6, 6.07) is 13.1. The summed E-state index contributed by atoms with van der Waals surface area (Å²) in [7, 11) is 3.43. The monoisotopic (exact) mass is 378 g/mol. The smallest absolute Gasteiger partial charge is 0.256 e. The Hall–Kier alpha value is -3.19. The third-order valence-electron chi connectivity index (χ3n) is 4.31. The maximum absolute atomic E-state index is 13.1. The molecule has 1 amide bonds. The molecule has 0 saturated heterocycles. The van der Waals surface area contributed by atoms with Crippen LogP contribution in [0.5, 0.6) is 5.75 Å². The zero-order chi connectivity index (χ0) is 19.0. The van der Waals surface area contributed by atoms with Crippen LogP contribution in [0.1, 0.15) is 16.1 Å². The average Bonchev–Trinajstić information content (AvgIpc) is 3.30. The standard InChI is InChI=1S/C20H18N4O2S/c1-12-18-15(20(25)21-13-6-4-7-14(10-13)26-3)11-16(17-8-5-9-27-17)22-19(18)24(2)23-12/h4-11H,1-3H3,(H,21,25). The number of carbonyl (C=O) groups is 1. The molecule has 3 heterocycles. The molecule has 0 atom stereocenters. The van der Waals surface area contributed by atoms with E-state index in [4.69, 9.17) is 9.72 Å². The van der Waals surface area contributed by atoms with E-state index in [-0.39, 0.29) is 5.91 Å². The number of ether oxygens (including phenoxy) is 1. The molecule has 0 unspecified atom stereocenters. The molecular formula is C20H18N4O2S. The Labute approximate surface area is 160 Å². The zero-order valence-corrected chi connectivity index (χ0v) is 16.0. The van der Waals surface area contributed by atoms with E-state index in [2.05, 4.69) is 10.4 Å². The number of anilines is 1. The molecule has 0 aliphatic rings. The molecule has 4 aromatic rings. The molecule has 0 aliphatic carbocycles. The number of hydrogen-bond acceptors (Lipinski definition) is 5. The zero-order valence-electron chi connectivity index (χ0n) is 15.2. The number of hydrogen-bond donors (Lipinski definition) is 1. The number of nitrogens with zero attached hydrogens (tertiary/aromatic N) is 3. The second kappa shape index (κ2) is 6.85. The summed E-state index contributed by atoms with van der Waals surface area (Å²) < 4.78 is 6.94. The summed E-state index contributed by atoms with van der Waals surface area (Å²) in [5.41, 5.74) is 3.44. The summed E-state index contributed by atoms with van der Waals surface area (Å²) in [4.78, 5) is 18.8. The molecule has 1 aromatic carbocycles. The highest BCUT2D eigenvalue weighted by atomic mass is 32.1. The normalized spacial score (nSPS) is 10.9. The van der Waals surface area contributed by atoms with Crippen molar-refractivity contribution < 1.29 is 9.53 Å². The number of carbonyl (C=O) groups excluding carboxylic acids is 1. The number of aryl methyl sites for hydroxylation is 2. The van der Waals surface area contributed by atoms with Crippen LogP contribution in [-0.4, -0.2) is 27.8 Å². The second-order valence-electron chi connectivity index (χ2n) is 6.13. The van der Waals surface area contributed by atoms with Crippen LogP contribution in [0.25, 0.3) is 21.6 Å². The first-order valence-electron chi connectivity index (χ1n) is 8.40. The fourth-order valence-electron chi connectivity index (χ4n) is 3.07. The van der Waals surface area contributed by atoms with E-state index in [0.717, 1.165) is 21.7 Å². The Kier molecular flexibility index (Phi) is 4.37. The molecule has 136 valence electrons. The summed E-state index contributed by atoms with van der Waals surface area (Å²) in [6.07, 6.45) is 0. The third-order valence-corrected chi connectivity index (χ3v) is 5.21. The van der Waals surface area contributed by atoms with Gasteiger partial charge in [-0.15, -0.1) is 11.3 Å². The highest BCUT2D eigenvalue weighted by Crippen LogP contribution is 2.30. The molecule has 27 heavy (non-hydrogen) atoms. The number of fused-ring (bicyclic) bond motifs is 1. The van der Waals surface area contributed by atoms with Crippen LogP contribution in [0.3, 0.4) is 0 Å². The Balaban J connectivity index is 1.82. The van der Waals surface area contributed by atoms with Crippen molar-refractivity contribution in [2.24, 2.45) is 7.05 Å². The first-order chi connectivity index (χ1) is 13.1. The van der Waals surface area contributed by atoms with E-state index in [0.29, 0.717) is 22.6 Å². The molecule has 7 heteroatoms. The van der Waals surface area contributed by atoms with Crippen LogP contribution in [0.2, 0.25) is 0 Å². The maximum atomic E-state index is 13.1. The van der Waals surface area contributed by atoms with Gasteiger partial charge in [0.15, 0.2) is 5.65 Å². The number of aromatic nitrogens is 3. The summed E-state index contributed by atoms with van der Waals surface area (Å²) in [5, 5.41) is 10.2. The predicted molar refractivity (Wildman–Crippen MR) is 108 cm³/mol. The van der Waals surface area contributed by atoms with E-state index in [9.17, 15) is 4.79 Å². The van der Waals surface area contributed by atoms with Crippen molar-refractivity contribution in [3.05, 3.63) is 59.1 Å². The first kappa shape index (κ1) is 17.2. The Morgan fingerprint density at radius 2 is 2.07 bits per heavy atom. The van der Waals surface area contributed by atoms with Crippen molar-refractivity contribution in [3.63, 3.8) is 0 Å². The van der Waals surface area contributed by atoms with Crippen LogP contribution < -0.4 is 10.1 Å². The molecule has 0 saturated carbocycles. The molecule has 0 radical (unpaired) electrons. The van der Waals surface area contributed by atoms with Crippen molar-refractivity contribution in [3.8, 4) is 16.3 Å². The lowest BCUT2D eigenvalue weighted by molar-refractivity contribution is 0.102. The number of thiophene rings is 1. The largest absolute Gasteiger partial charge is 0.497 e. The Morgan fingerprint density at radius 3 is 2.81 bits per heavy atom. The van der Waals surface area contributed by atoms with Gasteiger partial charge in [0.25, 0.3) is 5.91 Å². The topological polar surface area (TPSA) is 69.0 Å². The van der Waals surface area contributed by atoms with E-state index in [1.807, 2.05) is 55.7 Å². The van der Waals surface area contributed by atoms with E-state index >= 15 is 0 Å². The van der Waals surface area contributed by atoms with E-state index in [1.165, 1.54) is 0 Å². The van der Waals surface area contributed by atoms with Crippen LogP contribution in [0.4, 0.5) is 5.69 Å². The minimum Gasteiger partial charge on any atom is -0.497 e. The Morgan fingerprint density at radius 1 is 1.22 bits per heavy atom. The van der Waals surface area contributed by atoms with Gasteiger partial charge in [-0.2, -0.15) is 5.10 Å². The number of pyridine rings is 1. The Bertz CT molecular complexity index is 1130. The van der Waals surface area contributed by atoms with Gasteiger partial charge >= 0.3 is 0 Å². The van der Waals surface area contributed by atoms with Crippen molar-refractivity contribution in [2.45, 2.75) is 6.92 Å². The summed E-state index contributed by atoms with van der Waals surface area (Å²) in [6.45, 7) is 1.89. The lowest BCUT2D eigenvalue weighted by Gasteiger charge is -2.09. The van der Waals surface area contributed by atoms with Gasteiger partial charge in [0.2, 0.25) is 0 Å². The van der Waals surface area contributed by atoms with Gasteiger partial charge in [-0.05, 0) is 36.6 Å². The van der Waals surface area contributed by atoms with Crippen molar-refractivity contribution >= 4 is 34.0 Å². The number of benzene rings is 1. The van der Waals surface area contributed by atoms with Crippen LogP contribution >= 0.6 is 11.3 Å². The van der Waals surface area contributed by atoms with Gasteiger partial charge in [-0.1, -0.05) is 12.1 Å². The SMILES string of the molecule is COc1cccc(NC(=O)c2cc(-c3cccs3)nc3c2c(C)nn3C)c1. The van der Waals surface area contributed by atoms with Gasteiger partial charge in [-0.25, -0.2) is 4.98 Å². The van der Waals surface area contributed by atoms with E-state index < -0.39 is 0 Å². The van der Waals surface area contributed by atoms with Crippen LogP contribution in [0.15, 0.2) is 47.8 Å². The van der Waals surface area contributed by atoms with Crippen LogP contribution in [-0.2, 0) is 7.05 Å². The summed E-state index contributed by atoms with van der Waals surface area (Å²) in [5.74, 6) is 0.481. The number of rotatable bonds is 4. The van der Waals surface area contributed by atoms with E-state index in [1.54, 1.807) is 29.2 Å². The van der Waals surface area contributed by atoms with Crippen molar-refractivity contribution in [2.75, 3.05) is 12.4 Å². The average molecular weight is 378 g/mol. The highest BCUT2D eigenvalue weighted by Gasteiger charge is 2.19. The van der Waals surface area contributed by atoms with Gasteiger partial charge in [0.05, 0.1) is 34.3 Å². The van der Waals surface area contributed by atoms with Gasteiger partial charge < -0.3 is 10.1 Å². The lowest BCUT2D eigenvalue weighted by Crippen LogP contribution is -2.13. The maximum Gasteiger partial charge on any atom is 0.256 e. The van der Waals surface area contributed by atoms with Gasteiger partial charge in [0, 0.05) is 18.8 Å². The van der Waals surface area contributed by atoms with Crippen LogP contribution in [0, 0.1) is 6.92 Å². The second-order valence-corrected chi connectivity index (χ2v) is 7.07. The van der Waals surface area contributed by atoms with Gasteiger partial charge in [0.1, 0.15) is 5.75 Å². The minimum absolute atomic E-state index is 0.204. The third kappa shape index (κ3) is 3.17. The molecule has 3 aromatic heterocycles. The molecule has 0 bridgehead atoms. The van der Waals surface area contributed by atoms with Crippen molar-refractivity contribution in [1.82, 2.24) is 14.8 Å². The van der Waals surface area contributed by atoms with Crippen molar-refractivity contribution in [1.29, 1.82) is 0 Å². The molecule has 1 N–H and O–H groups in total. The molecule has 0 fully saturated rings. The summed E-state index contributed by atoms with van der Waals surface area (Å²) >= 11 is 1.59. The number of methoxy groups -OCH3 is 1. The quantitative estimate of drug-likeness (QED) is 0.576. The highest BCUT2D eigenvalue weighted by molar-refractivity contribution is 7.13. The molecule has 6 nitrogen and oxygen atoms in total. The molecule has 0 aliphatic heterocycles. The molecule has 0 spiro atoms. The fourth-order valence-corrected chi connectivity index (χ4v) is 3.76. The lowest BCUT2D eigenvalue weighted by atomic mass is 10.1. The molecule has 4 rings (SSSR count). The molecular weight excluding hydrogens is 360 g/mol. The first-order valence-corrected chi connectivity index (χ1v) is 9.28. The number of nitrogens with one attached hydrogen (secondary N) is 1. The number of amides is 1. The minimum atomic E-state index is -0.204. The van der Waals surface area contributed by atoms with Gasteiger partial charge in [-0.3, -0.25) is 9.48 Å². The predicted octanol–water partition coefficient (Wildman–Crippen LogP) is 4.27.